The van der Waals surface area contributed by atoms with Crippen molar-refractivity contribution < 1.29 is 14.3 Å². The standard InChI is InChI=1S/C18H24N2O3/c1-13(2)11-16(18(22)19-7-9-23-10-8-19)20-12-14-5-3-4-6-15(14)17(20)21/h3-6,13,16H,7-12H2,1-2H3/t16-/m1/s1. The maximum atomic E-state index is 13.0. The summed E-state index contributed by atoms with van der Waals surface area (Å²) in [5.41, 5.74) is 1.75. The first-order chi connectivity index (χ1) is 11.1. The molecule has 2 amide bonds. The summed E-state index contributed by atoms with van der Waals surface area (Å²) in [5.74, 6) is 0.387. The summed E-state index contributed by atoms with van der Waals surface area (Å²) < 4.78 is 5.33. The summed E-state index contributed by atoms with van der Waals surface area (Å²) in [7, 11) is 0. The average Bonchev–Trinajstić information content (AvgIpc) is 2.90. The van der Waals surface area contributed by atoms with Gasteiger partial charge in [-0.15, -0.1) is 0 Å². The zero-order chi connectivity index (χ0) is 16.4. The number of carbonyl (C=O) groups excluding carboxylic acids is 2. The third-order valence-electron chi connectivity index (χ3n) is 4.53. The van der Waals surface area contributed by atoms with Crippen molar-refractivity contribution in [1.82, 2.24) is 9.80 Å². The molecule has 0 N–H and O–H groups in total. The van der Waals surface area contributed by atoms with Gasteiger partial charge in [-0.05, 0) is 24.0 Å². The van der Waals surface area contributed by atoms with Crippen LogP contribution in [0, 0.1) is 5.92 Å². The fourth-order valence-electron chi connectivity index (χ4n) is 3.33. The van der Waals surface area contributed by atoms with E-state index < -0.39 is 0 Å². The fraction of sp³-hybridized carbons (Fsp3) is 0.556. The Bertz CT molecular complexity index is 594. The topological polar surface area (TPSA) is 49.9 Å². The molecule has 1 fully saturated rings. The predicted molar refractivity (Wildman–Crippen MR) is 87.0 cm³/mol. The van der Waals surface area contributed by atoms with Crippen LogP contribution in [0.5, 0.6) is 0 Å². The molecular weight excluding hydrogens is 292 g/mol. The third kappa shape index (κ3) is 3.24. The highest BCUT2D eigenvalue weighted by molar-refractivity contribution is 6.01. The van der Waals surface area contributed by atoms with Gasteiger partial charge in [0.25, 0.3) is 5.91 Å². The lowest BCUT2D eigenvalue weighted by molar-refractivity contribution is -0.140. The minimum absolute atomic E-state index is 0.0205. The first kappa shape index (κ1) is 16.0. The third-order valence-corrected chi connectivity index (χ3v) is 4.53. The number of fused-ring (bicyclic) bond motifs is 1. The maximum Gasteiger partial charge on any atom is 0.255 e. The Hall–Kier alpha value is -1.88. The van der Waals surface area contributed by atoms with Crippen LogP contribution >= 0.6 is 0 Å². The summed E-state index contributed by atoms with van der Waals surface area (Å²) in [6, 6.07) is 7.26. The van der Waals surface area contributed by atoms with E-state index in [4.69, 9.17) is 4.74 Å². The van der Waals surface area contributed by atoms with Gasteiger partial charge in [0.2, 0.25) is 5.91 Å². The van der Waals surface area contributed by atoms with Gasteiger partial charge < -0.3 is 14.5 Å². The van der Waals surface area contributed by atoms with E-state index in [1.807, 2.05) is 29.2 Å². The number of benzene rings is 1. The summed E-state index contributed by atoms with van der Waals surface area (Å²) in [4.78, 5) is 29.3. The van der Waals surface area contributed by atoms with Crippen LogP contribution in [0.25, 0.3) is 0 Å². The van der Waals surface area contributed by atoms with Crippen LogP contribution in [-0.2, 0) is 16.1 Å². The van der Waals surface area contributed by atoms with Gasteiger partial charge in [0.05, 0.1) is 13.2 Å². The Morgan fingerprint density at radius 2 is 1.91 bits per heavy atom. The van der Waals surface area contributed by atoms with Crippen molar-refractivity contribution in [3.8, 4) is 0 Å². The number of rotatable bonds is 4. The van der Waals surface area contributed by atoms with Crippen LogP contribution in [-0.4, -0.2) is 54.0 Å². The molecule has 1 aromatic carbocycles. The van der Waals surface area contributed by atoms with E-state index in [0.717, 1.165) is 11.1 Å². The van der Waals surface area contributed by atoms with Crippen LogP contribution in [0.1, 0.15) is 36.2 Å². The molecule has 1 aromatic rings. The van der Waals surface area contributed by atoms with Gasteiger partial charge in [-0.2, -0.15) is 0 Å². The molecule has 0 saturated carbocycles. The van der Waals surface area contributed by atoms with Crippen molar-refractivity contribution in [3.05, 3.63) is 35.4 Å². The number of nitrogens with zero attached hydrogens (tertiary/aromatic N) is 2. The van der Waals surface area contributed by atoms with E-state index in [-0.39, 0.29) is 17.9 Å². The second kappa shape index (κ2) is 6.71. The van der Waals surface area contributed by atoms with Crippen LogP contribution in [0.2, 0.25) is 0 Å². The Kier molecular flexibility index (Phi) is 4.66. The number of ether oxygens (including phenoxy) is 1. The lowest BCUT2D eigenvalue weighted by Crippen LogP contribution is -2.52. The molecule has 0 aromatic heterocycles. The number of morpholine rings is 1. The van der Waals surface area contributed by atoms with Crippen LogP contribution in [0.3, 0.4) is 0 Å². The highest BCUT2D eigenvalue weighted by atomic mass is 16.5. The first-order valence-corrected chi connectivity index (χ1v) is 8.33. The van der Waals surface area contributed by atoms with E-state index in [1.54, 1.807) is 4.90 Å². The van der Waals surface area contributed by atoms with E-state index in [2.05, 4.69) is 13.8 Å². The molecule has 2 aliphatic heterocycles. The molecule has 5 heteroatoms. The smallest absolute Gasteiger partial charge is 0.255 e. The lowest BCUT2D eigenvalue weighted by Gasteiger charge is -2.35. The molecule has 23 heavy (non-hydrogen) atoms. The predicted octanol–water partition coefficient (Wildman–Crippen LogP) is 1.92. The van der Waals surface area contributed by atoms with Crippen LogP contribution in [0.15, 0.2) is 24.3 Å². The summed E-state index contributed by atoms with van der Waals surface area (Å²) in [5, 5.41) is 0. The molecule has 0 radical (unpaired) electrons. The van der Waals surface area contributed by atoms with Crippen molar-refractivity contribution in [1.29, 1.82) is 0 Å². The molecule has 2 aliphatic rings. The van der Waals surface area contributed by atoms with Gasteiger partial charge in [0.1, 0.15) is 6.04 Å². The summed E-state index contributed by atoms with van der Waals surface area (Å²) >= 11 is 0. The fourth-order valence-corrected chi connectivity index (χ4v) is 3.33. The van der Waals surface area contributed by atoms with Crippen molar-refractivity contribution in [2.45, 2.75) is 32.9 Å². The lowest BCUT2D eigenvalue weighted by atomic mass is 10.0. The number of amides is 2. The van der Waals surface area contributed by atoms with Gasteiger partial charge in [-0.3, -0.25) is 9.59 Å². The first-order valence-electron chi connectivity index (χ1n) is 8.33. The Balaban J connectivity index is 1.82. The molecular formula is C18H24N2O3. The van der Waals surface area contributed by atoms with Crippen molar-refractivity contribution >= 4 is 11.8 Å². The molecule has 2 heterocycles. The number of hydrogen-bond acceptors (Lipinski definition) is 3. The van der Waals surface area contributed by atoms with Gasteiger partial charge >= 0.3 is 0 Å². The highest BCUT2D eigenvalue weighted by Crippen LogP contribution is 2.27. The van der Waals surface area contributed by atoms with Crippen molar-refractivity contribution in [2.75, 3.05) is 26.3 Å². The van der Waals surface area contributed by atoms with E-state index in [1.165, 1.54) is 0 Å². The molecule has 1 saturated heterocycles. The minimum Gasteiger partial charge on any atom is -0.378 e. The Morgan fingerprint density at radius 3 is 2.57 bits per heavy atom. The van der Waals surface area contributed by atoms with E-state index >= 15 is 0 Å². The second-order valence-electron chi connectivity index (χ2n) is 6.67. The monoisotopic (exact) mass is 316 g/mol. The molecule has 0 bridgehead atoms. The zero-order valence-electron chi connectivity index (χ0n) is 13.8. The average molecular weight is 316 g/mol. The normalized spacial score (nSPS) is 19.2. The van der Waals surface area contributed by atoms with E-state index in [0.29, 0.717) is 45.2 Å². The molecule has 0 spiro atoms. The minimum atomic E-state index is -0.381. The molecule has 5 nitrogen and oxygen atoms in total. The number of hydrogen-bond donors (Lipinski definition) is 0. The summed E-state index contributed by atoms with van der Waals surface area (Å²) in [6.07, 6.45) is 0.690. The molecule has 1 atom stereocenters. The van der Waals surface area contributed by atoms with E-state index in [9.17, 15) is 9.59 Å². The Morgan fingerprint density at radius 1 is 1.22 bits per heavy atom. The van der Waals surface area contributed by atoms with Gasteiger partial charge in [-0.25, -0.2) is 0 Å². The largest absolute Gasteiger partial charge is 0.378 e. The van der Waals surface area contributed by atoms with Crippen molar-refractivity contribution in [2.24, 2.45) is 5.92 Å². The quantitative estimate of drug-likeness (QED) is 0.853. The summed E-state index contributed by atoms with van der Waals surface area (Å²) in [6.45, 7) is 7.09. The van der Waals surface area contributed by atoms with Gasteiger partial charge in [0.15, 0.2) is 0 Å². The van der Waals surface area contributed by atoms with Crippen molar-refractivity contribution in [3.63, 3.8) is 0 Å². The SMILES string of the molecule is CC(C)C[C@H](C(=O)N1CCOCC1)N1Cc2ccccc2C1=O. The second-order valence-corrected chi connectivity index (χ2v) is 6.67. The Labute approximate surface area is 137 Å². The van der Waals surface area contributed by atoms with Crippen LogP contribution < -0.4 is 0 Å². The van der Waals surface area contributed by atoms with Crippen LogP contribution in [0.4, 0.5) is 0 Å². The zero-order valence-corrected chi connectivity index (χ0v) is 13.8. The number of carbonyl (C=O) groups is 2. The van der Waals surface area contributed by atoms with Gasteiger partial charge in [-0.1, -0.05) is 32.0 Å². The molecule has 0 unspecified atom stereocenters. The highest BCUT2D eigenvalue weighted by Gasteiger charge is 2.38. The molecule has 124 valence electrons. The molecule has 3 rings (SSSR count). The molecule has 0 aliphatic carbocycles. The van der Waals surface area contributed by atoms with Gasteiger partial charge in [0, 0.05) is 25.2 Å². The maximum absolute atomic E-state index is 13.0.